The minimum Gasteiger partial charge on any atom is -0.450 e. The molecule has 1 fully saturated rings. The van der Waals surface area contributed by atoms with Crippen LogP contribution in [0.3, 0.4) is 0 Å². The zero-order chi connectivity index (χ0) is 16.5. The third-order valence-electron chi connectivity index (χ3n) is 4.47. The van der Waals surface area contributed by atoms with E-state index in [0.29, 0.717) is 30.3 Å². The SMILES string of the molecule is O=c1nc2c(cn1[C@@H]1OCCC1CCCO)Oc1ccccc1N2. The van der Waals surface area contributed by atoms with Crippen LogP contribution in [0.1, 0.15) is 25.5 Å². The van der Waals surface area contributed by atoms with Crippen molar-refractivity contribution in [2.75, 3.05) is 18.5 Å². The lowest BCUT2D eigenvalue weighted by Gasteiger charge is -2.24. The molecule has 0 saturated carbocycles. The number of aliphatic hydroxyl groups excluding tert-OH is 1. The van der Waals surface area contributed by atoms with Gasteiger partial charge in [0.25, 0.3) is 0 Å². The summed E-state index contributed by atoms with van der Waals surface area (Å²) in [5.41, 5.74) is 0.415. The second kappa shape index (κ2) is 6.26. The van der Waals surface area contributed by atoms with Crippen molar-refractivity contribution >= 4 is 11.5 Å². The van der Waals surface area contributed by atoms with Crippen molar-refractivity contribution < 1.29 is 14.6 Å². The van der Waals surface area contributed by atoms with E-state index in [2.05, 4.69) is 10.3 Å². The molecule has 1 saturated heterocycles. The Balaban J connectivity index is 1.66. The monoisotopic (exact) mass is 329 g/mol. The maximum atomic E-state index is 12.4. The molecule has 3 heterocycles. The van der Waals surface area contributed by atoms with E-state index < -0.39 is 0 Å². The van der Waals surface area contributed by atoms with Crippen LogP contribution in [0.5, 0.6) is 11.5 Å². The van der Waals surface area contributed by atoms with Crippen molar-refractivity contribution in [2.24, 2.45) is 5.92 Å². The molecule has 2 aliphatic rings. The lowest BCUT2D eigenvalue weighted by molar-refractivity contribution is 0.0251. The van der Waals surface area contributed by atoms with Gasteiger partial charge < -0.3 is 19.9 Å². The van der Waals surface area contributed by atoms with Gasteiger partial charge in [0.1, 0.15) is 6.23 Å². The maximum Gasteiger partial charge on any atom is 0.351 e. The van der Waals surface area contributed by atoms with Crippen LogP contribution in [0, 0.1) is 5.92 Å². The van der Waals surface area contributed by atoms with Gasteiger partial charge in [-0.05, 0) is 31.4 Å². The number of aromatic nitrogens is 2. The second-order valence-electron chi connectivity index (χ2n) is 6.04. The summed E-state index contributed by atoms with van der Waals surface area (Å²) in [7, 11) is 0. The number of nitrogens with one attached hydrogen (secondary N) is 1. The van der Waals surface area contributed by atoms with E-state index in [4.69, 9.17) is 14.6 Å². The van der Waals surface area contributed by atoms with Gasteiger partial charge >= 0.3 is 5.69 Å². The summed E-state index contributed by atoms with van der Waals surface area (Å²) < 4.78 is 13.1. The molecule has 0 amide bonds. The fraction of sp³-hybridized carbons (Fsp3) is 0.412. The second-order valence-corrected chi connectivity index (χ2v) is 6.04. The number of rotatable bonds is 4. The van der Waals surface area contributed by atoms with E-state index in [1.807, 2.05) is 24.3 Å². The zero-order valence-electron chi connectivity index (χ0n) is 13.1. The lowest BCUT2D eigenvalue weighted by atomic mass is 10.00. The average molecular weight is 329 g/mol. The maximum absolute atomic E-state index is 12.4. The highest BCUT2D eigenvalue weighted by Gasteiger charge is 2.31. The molecule has 2 N–H and O–H groups in total. The predicted octanol–water partition coefficient (Wildman–Crippen LogP) is 2.40. The molecule has 7 nitrogen and oxygen atoms in total. The molecule has 0 radical (unpaired) electrons. The minimum atomic E-state index is -0.370. The molecule has 7 heteroatoms. The van der Waals surface area contributed by atoms with E-state index in [1.54, 1.807) is 6.20 Å². The summed E-state index contributed by atoms with van der Waals surface area (Å²) in [6, 6.07) is 7.51. The molecule has 2 aliphatic heterocycles. The number of hydrogen-bond donors (Lipinski definition) is 2. The van der Waals surface area contributed by atoms with Crippen LogP contribution < -0.4 is 15.7 Å². The number of hydrogen-bond acceptors (Lipinski definition) is 6. The smallest absolute Gasteiger partial charge is 0.351 e. The average Bonchev–Trinajstić information content (AvgIpc) is 3.06. The van der Waals surface area contributed by atoms with Crippen molar-refractivity contribution in [3.8, 4) is 11.5 Å². The molecule has 1 aromatic heterocycles. The quantitative estimate of drug-likeness (QED) is 0.764. The largest absolute Gasteiger partial charge is 0.450 e. The highest BCUT2D eigenvalue weighted by molar-refractivity contribution is 5.72. The Kier molecular flexibility index (Phi) is 3.95. The van der Waals surface area contributed by atoms with E-state index in [9.17, 15) is 4.79 Å². The summed E-state index contributed by atoms with van der Waals surface area (Å²) in [5, 5.41) is 12.2. The molecule has 0 spiro atoms. The van der Waals surface area contributed by atoms with Gasteiger partial charge in [0.15, 0.2) is 17.3 Å². The van der Waals surface area contributed by atoms with Crippen molar-refractivity contribution in [2.45, 2.75) is 25.5 Å². The van der Waals surface area contributed by atoms with Crippen LogP contribution >= 0.6 is 0 Å². The van der Waals surface area contributed by atoms with Crippen LogP contribution in [0.15, 0.2) is 35.3 Å². The lowest BCUT2D eigenvalue weighted by Crippen LogP contribution is -2.30. The number of nitrogens with zero attached hydrogens (tertiary/aromatic N) is 2. The number of aliphatic hydroxyl groups is 1. The molecule has 0 bridgehead atoms. The van der Waals surface area contributed by atoms with Crippen molar-refractivity contribution in [1.82, 2.24) is 9.55 Å². The van der Waals surface area contributed by atoms with Crippen LogP contribution in [0.2, 0.25) is 0 Å². The number of ether oxygens (including phenoxy) is 2. The van der Waals surface area contributed by atoms with E-state index in [1.165, 1.54) is 4.57 Å². The Bertz CT molecular complexity index is 805. The van der Waals surface area contributed by atoms with Gasteiger partial charge in [-0.3, -0.25) is 4.57 Å². The Hall–Kier alpha value is -2.38. The van der Waals surface area contributed by atoms with E-state index >= 15 is 0 Å². The topological polar surface area (TPSA) is 85.6 Å². The standard InChI is InChI=1S/C17H19N3O4/c21-8-3-4-11-7-9-23-16(11)20-10-14-15(19-17(20)22)18-12-5-1-2-6-13(12)24-14/h1-2,5-6,10-11,16,21H,3-4,7-9H2,(H,18,19,22)/t11?,16-/m1/s1. The summed E-state index contributed by atoms with van der Waals surface area (Å²) >= 11 is 0. The zero-order valence-corrected chi connectivity index (χ0v) is 13.1. The first kappa shape index (κ1) is 15.2. The third-order valence-corrected chi connectivity index (χ3v) is 4.47. The van der Waals surface area contributed by atoms with Gasteiger partial charge in [0, 0.05) is 19.1 Å². The van der Waals surface area contributed by atoms with Gasteiger partial charge in [-0.15, -0.1) is 0 Å². The number of anilines is 2. The van der Waals surface area contributed by atoms with Gasteiger partial charge in [0.2, 0.25) is 0 Å². The first-order valence-electron chi connectivity index (χ1n) is 8.16. The Morgan fingerprint density at radius 2 is 2.21 bits per heavy atom. The predicted molar refractivity (Wildman–Crippen MR) is 87.7 cm³/mol. The molecular weight excluding hydrogens is 310 g/mol. The number of benzene rings is 1. The fourth-order valence-electron chi connectivity index (χ4n) is 3.27. The van der Waals surface area contributed by atoms with Gasteiger partial charge in [-0.2, -0.15) is 4.98 Å². The molecule has 1 unspecified atom stereocenters. The van der Waals surface area contributed by atoms with Gasteiger partial charge in [0.05, 0.1) is 11.9 Å². The molecule has 1 aromatic carbocycles. The van der Waals surface area contributed by atoms with Gasteiger partial charge in [-0.25, -0.2) is 4.79 Å². The summed E-state index contributed by atoms with van der Waals surface area (Å²) in [5.74, 6) is 1.81. The van der Waals surface area contributed by atoms with Crippen molar-refractivity contribution in [3.63, 3.8) is 0 Å². The van der Waals surface area contributed by atoms with Crippen molar-refractivity contribution in [3.05, 3.63) is 40.9 Å². The van der Waals surface area contributed by atoms with Crippen molar-refractivity contribution in [1.29, 1.82) is 0 Å². The molecular formula is C17H19N3O4. The fourth-order valence-corrected chi connectivity index (χ4v) is 3.27. The molecule has 24 heavy (non-hydrogen) atoms. The minimum absolute atomic E-state index is 0.143. The van der Waals surface area contributed by atoms with Crippen LogP contribution in [-0.4, -0.2) is 27.9 Å². The van der Waals surface area contributed by atoms with E-state index in [-0.39, 0.29) is 24.4 Å². The van der Waals surface area contributed by atoms with Crippen LogP contribution in [0.4, 0.5) is 11.5 Å². The first-order valence-corrected chi connectivity index (χ1v) is 8.16. The van der Waals surface area contributed by atoms with Crippen LogP contribution in [-0.2, 0) is 4.74 Å². The highest BCUT2D eigenvalue weighted by Crippen LogP contribution is 2.41. The first-order chi connectivity index (χ1) is 11.8. The molecule has 2 aromatic rings. The summed E-state index contributed by atoms with van der Waals surface area (Å²) in [4.78, 5) is 16.6. The Morgan fingerprint density at radius 3 is 3.08 bits per heavy atom. The molecule has 126 valence electrons. The summed E-state index contributed by atoms with van der Waals surface area (Å²) in [6.07, 6.45) is 3.68. The van der Waals surface area contributed by atoms with Gasteiger partial charge in [-0.1, -0.05) is 12.1 Å². The Morgan fingerprint density at radius 1 is 1.33 bits per heavy atom. The normalized spacial score (nSPS) is 21.5. The van der Waals surface area contributed by atoms with Crippen LogP contribution in [0.25, 0.3) is 0 Å². The summed E-state index contributed by atoms with van der Waals surface area (Å²) in [6.45, 7) is 0.747. The molecule has 2 atom stereocenters. The number of fused-ring (bicyclic) bond motifs is 2. The van der Waals surface area contributed by atoms with E-state index in [0.717, 1.165) is 18.5 Å². The number of para-hydroxylation sites is 2. The Labute approximate surface area is 138 Å². The molecule has 0 aliphatic carbocycles. The highest BCUT2D eigenvalue weighted by atomic mass is 16.5. The molecule has 4 rings (SSSR count). The third kappa shape index (κ3) is 2.65.